The molecule has 4 nitrogen and oxygen atoms in total. The summed E-state index contributed by atoms with van der Waals surface area (Å²) in [7, 11) is 0. The van der Waals surface area contributed by atoms with Crippen molar-refractivity contribution < 1.29 is 14.3 Å². The first-order valence-electron chi connectivity index (χ1n) is 7.54. The van der Waals surface area contributed by atoms with Crippen LogP contribution in [0.3, 0.4) is 0 Å². The van der Waals surface area contributed by atoms with Crippen molar-refractivity contribution in [2.24, 2.45) is 5.92 Å². The molecule has 1 amide bonds. The molecule has 2 rings (SSSR count). The molecule has 0 aromatic heterocycles. The number of halogens is 2. The second kappa shape index (κ2) is 8.94. The van der Waals surface area contributed by atoms with Gasteiger partial charge in [0.25, 0.3) is 5.91 Å². The largest absolute Gasteiger partial charge is 0.493 e. The van der Waals surface area contributed by atoms with Gasteiger partial charge < -0.3 is 14.8 Å². The Balaban J connectivity index is 1.89. The predicted molar refractivity (Wildman–Crippen MR) is 100 cm³/mol. The number of carbonyl (C=O) groups is 1. The molecule has 6 heteroatoms. The Morgan fingerprint density at radius 1 is 1.21 bits per heavy atom. The van der Waals surface area contributed by atoms with Crippen LogP contribution in [-0.4, -0.2) is 19.1 Å². The number of amides is 1. The zero-order chi connectivity index (χ0) is 17.5. The summed E-state index contributed by atoms with van der Waals surface area (Å²) in [6, 6.07) is 12.4. The van der Waals surface area contributed by atoms with Crippen molar-refractivity contribution in [1.29, 1.82) is 0 Å². The fourth-order valence-corrected chi connectivity index (χ4v) is 2.66. The van der Waals surface area contributed by atoms with Crippen LogP contribution in [0.2, 0.25) is 5.02 Å². The Morgan fingerprint density at radius 2 is 2.00 bits per heavy atom. The van der Waals surface area contributed by atoms with Crippen molar-refractivity contribution in [3.8, 4) is 11.5 Å². The third-order valence-corrected chi connectivity index (χ3v) is 3.81. The number of hydrogen-bond donors (Lipinski definition) is 1. The molecule has 2 aromatic rings. The molecule has 0 fully saturated rings. The van der Waals surface area contributed by atoms with Crippen molar-refractivity contribution in [2.45, 2.75) is 13.8 Å². The van der Waals surface area contributed by atoms with Gasteiger partial charge in [0.15, 0.2) is 6.61 Å². The minimum atomic E-state index is -0.252. The summed E-state index contributed by atoms with van der Waals surface area (Å²) < 4.78 is 11.8. The van der Waals surface area contributed by atoms with E-state index >= 15 is 0 Å². The lowest BCUT2D eigenvalue weighted by molar-refractivity contribution is -0.118. The first-order chi connectivity index (χ1) is 11.4. The van der Waals surface area contributed by atoms with E-state index < -0.39 is 0 Å². The zero-order valence-corrected chi connectivity index (χ0v) is 15.9. The van der Waals surface area contributed by atoms with Crippen LogP contribution in [0.4, 0.5) is 5.69 Å². The van der Waals surface area contributed by atoms with E-state index in [0.29, 0.717) is 33.5 Å². The zero-order valence-electron chi connectivity index (χ0n) is 13.5. The first kappa shape index (κ1) is 18.6. The average Bonchev–Trinajstić information content (AvgIpc) is 2.52. The minimum absolute atomic E-state index is 0.0999. The van der Waals surface area contributed by atoms with Gasteiger partial charge >= 0.3 is 0 Å². The number of rotatable bonds is 7. The Kier molecular flexibility index (Phi) is 6.94. The lowest BCUT2D eigenvalue weighted by Gasteiger charge is -2.11. The molecule has 0 heterocycles. The smallest absolute Gasteiger partial charge is 0.262 e. The van der Waals surface area contributed by atoms with Crippen molar-refractivity contribution in [3.05, 3.63) is 52.0 Å². The number of carbonyl (C=O) groups excluding carboxylic acids is 1. The van der Waals surface area contributed by atoms with Crippen molar-refractivity contribution >= 4 is 39.1 Å². The molecule has 0 aliphatic carbocycles. The number of hydrogen-bond acceptors (Lipinski definition) is 3. The van der Waals surface area contributed by atoms with Crippen LogP contribution in [0.15, 0.2) is 46.9 Å². The molecule has 0 spiro atoms. The summed E-state index contributed by atoms with van der Waals surface area (Å²) in [5.41, 5.74) is 0.667. The quantitative estimate of drug-likeness (QED) is 0.684. The van der Waals surface area contributed by atoms with Crippen LogP contribution < -0.4 is 14.8 Å². The molecule has 0 saturated carbocycles. The lowest BCUT2D eigenvalue weighted by atomic mass is 10.2. The molecule has 0 bridgehead atoms. The average molecular weight is 413 g/mol. The lowest BCUT2D eigenvalue weighted by Crippen LogP contribution is -2.20. The minimum Gasteiger partial charge on any atom is -0.493 e. The Morgan fingerprint density at radius 3 is 2.71 bits per heavy atom. The van der Waals surface area contributed by atoms with Gasteiger partial charge in [0.05, 0.1) is 11.1 Å². The molecule has 1 N–H and O–H groups in total. The maximum atomic E-state index is 12.0. The van der Waals surface area contributed by atoms with Gasteiger partial charge in [-0.25, -0.2) is 0 Å². The maximum absolute atomic E-state index is 12.0. The Hall–Kier alpha value is -1.72. The second-order valence-electron chi connectivity index (χ2n) is 5.64. The standard InChI is InChI=1S/C18H19BrClNO3/c1-12(2)10-23-15-5-3-4-14(9-15)21-18(22)11-24-17-7-6-13(20)8-16(17)19/h3-9,12H,10-11H2,1-2H3,(H,21,22). The van der Waals surface area contributed by atoms with Crippen LogP contribution in [0.1, 0.15) is 13.8 Å². The Bertz CT molecular complexity index is 706. The highest BCUT2D eigenvalue weighted by Crippen LogP contribution is 2.28. The van der Waals surface area contributed by atoms with Gasteiger partial charge in [0.1, 0.15) is 11.5 Å². The highest BCUT2D eigenvalue weighted by molar-refractivity contribution is 9.10. The Labute approximate surface area is 155 Å². The summed E-state index contributed by atoms with van der Waals surface area (Å²) in [5.74, 6) is 1.47. The molecule has 0 aliphatic heterocycles. The summed E-state index contributed by atoms with van der Waals surface area (Å²) >= 11 is 9.21. The van der Waals surface area contributed by atoms with Gasteiger partial charge in [0.2, 0.25) is 0 Å². The highest BCUT2D eigenvalue weighted by atomic mass is 79.9. The number of anilines is 1. The molecule has 0 unspecified atom stereocenters. The van der Waals surface area contributed by atoms with Crippen LogP contribution in [-0.2, 0) is 4.79 Å². The molecular formula is C18H19BrClNO3. The van der Waals surface area contributed by atoms with Crippen LogP contribution in [0, 0.1) is 5.92 Å². The summed E-state index contributed by atoms with van der Waals surface area (Å²) in [5, 5.41) is 3.38. The first-order valence-corrected chi connectivity index (χ1v) is 8.71. The highest BCUT2D eigenvalue weighted by Gasteiger charge is 2.07. The molecule has 128 valence electrons. The monoisotopic (exact) mass is 411 g/mol. The summed E-state index contributed by atoms with van der Waals surface area (Å²) in [4.78, 5) is 12.0. The topological polar surface area (TPSA) is 47.6 Å². The van der Waals surface area contributed by atoms with E-state index in [-0.39, 0.29) is 12.5 Å². The van der Waals surface area contributed by atoms with Gasteiger partial charge in [-0.2, -0.15) is 0 Å². The third kappa shape index (κ3) is 6.06. The van der Waals surface area contributed by atoms with E-state index in [1.54, 1.807) is 30.3 Å². The summed E-state index contributed by atoms with van der Waals surface area (Å²) in [6.07, 6.45) is 0. The van der Waals surface area contributed by atoms with Crippen molar-refractivity contribution in [3.63, 3.8) is 0 Å². The second-order valence-corrected chi connectivity index (χ2v) is 6.94. The molecule has 2 aromatic carbocycles. The van der Waals surface area contributed by atoms with Crippen LogP contribution >= 0.6 is 27.5 Å². The van der Waals surface area contributed by atoms with E-state index in [4.69, 9.17) is 21.1 Å². The molecule has 0 atom stereocenters. The van der Waals surface area contributed by atoms with Gasteiger partial charge in [-0.15, -0.1) is 0 Å². The molecule has 0 aliphatic rings. The van der Waals surface area contributed by atoms with E-state index in [0.717, 1.165) is 5.75 Å². The van der Waals surface area contributed by atoms with Gasteiger partial charge in [-0.05, 0) is 52.2 Å². The van der Waals surface area contributed by atoms with Crippen molar-refractivity contribution in [2.75, 3.05) is 18.5 Å². The van der Waals surface area contributed by atoms with Crippen molar-refractivity contribution in [1.82, 2.24) is 0 Å². The fraction of sp³-hybridized carbons (Fsp3) is 0.278. The molecule has 24 heavy (non-hydrogen) atoms. The third-order valence-electron chi connectivity index (χ3n) is 2.95. The normalized spacial score (nSPS) is 10.5. The van der Waals surface area contributed by atoms with Gasteiger partial charge in [0, 0.05) is 16.8 Å². The SMILES string of the molecule is CC(C)COc1cccc(NC(=O)COc2ccc(Cl)cc2Br)c1. The van der Waals surface area contributed by atoms with Crippen LogP contribution in [0.25, 0.3) is 0 Å². The number of ether oxygens (including phenoxy) is 2. The van der Waals surface area contributed by atoms with Gasteiger partial charge in [-0.1, -0.05) is 31.5 Å². The molecular weight excluding hydrogens is 394 g/mol. The van der Waals surface area contributed by atoms with E-state index in [9.17, 15) is 4.79 Å². The number of benzene rings is 2. The summed E-state index contributed by atoms with van der Waals surface area (Å²) in [6.45, 7) is 4.69. The fourth-order valence-electron chi connectivity index (χ4n) is 1.86. The molecule has 0 saturated heterocycles. The van der Waals surface area contributed by atoms with Crippen LogP contribution in [0.5, 0.6) is 11.5 Å². The number of nitrogens with one attached hydrogen (secondary N) is 1. The predicted octanol–water partition coefficient (Wildman–Crippen LogP) is 5.15. The van der Waals surface area contributed by atoms with Gasteiger partial charge in [-0.3, -0.25) is 4.79 Å². The van der Waals surface area contributed by atoms with E-state index in [1.807, 2.05) is 12.1 Å². The molecule has 0 radical (unpaired) electrons. The maximum Gasteiger partial charge on any atom is 0.262 e. The van der Waals surface area contributed by atoms with E-state index in [1.165, 1.54) is 0 Å². The van der Waals surface area contributed by atoms with E-state index in [2.05, 4.69) is 35.1 Å².